The second-order valence-electron chi connectivity index (χ2n) is 6.80. The van der Waals surface area contributed by atoms with Crippen molar-refractivity contribution in [1.29, 1.82) is 0 Å². The van der Waals surface area contributed by atoms with E-state index in [0.717, 1.165) is 42.9 Å². The van der Waals surface area contributed by atoms with E-state index in [9.17, 15) is 4.79 Å². The number of fused-ring (bicyclic) bond motifs is 1. The molecule has 1 N–H and O–H groups in total. The lowest BCUT2D eigenvalue weighted by Gasteiger charge is -2.31. The highest BCUT2D eigenvalue weighted by Gasteiger charge is 2.42. The highest BCUT2D eigenvalue weighted by molar-refractivity contribution is 7.99. The number of carbonyl (C=O) groups is 1. The summed E-state index contributed by atoms with van der Waals surface area (Å²) >= 11 is 1.28. The minimum absolute atomic E-state index is 0.116. The predicted molar refractivity (Wildman–Crippen MR) is 98.8 cm³/mol. The van der Waals surface area contributed by atoms with Gasteiger partial charge >= 0.3 is 0 Å². The summed E-state index contributed by atoms with van der Waals surface area (Å²) in [5, 5.41) is 3.40. The van der Waals surface area contributed by atoms with Gasteiger partial charge in [-0.2, -0.15) is 0 Å². The molecule has 0 saturated heterocycles. The van der Waals surface area contributed by atoms with Gasteiger partial charge in [0.2, 0.25) is 5.91 Å². The van der Waals surface area contributed by atoms with Gasteiger partial charge in [0.25, 0.3) is 11.0 Å². The van der Waals surface area contributed by atoms with Gasteiger partial charge in [-0.05, 0) is 38.8 Å². The van der Waals surface area contributed by atoms with Crippen molar-refractivity contribution in [3.8, 4) is 11.5 Å². The van der Waals surface area contributed by atoms with E-state index < -0.39 is 5.79 Å². The zero-order chi connectivity index (χ0) is 18.1. The number of carbonyl (C=O) groups excluding carboxylic acids is 1. The number of nitrogens with zero attached hydrogens (tertiary/aromatic N) is 1. The van der Waals surface area contributed by atoms with Gasteiger partial charge in [0.1, 0.15) is 5.76 Å². The Bertz CT molecular complexity index is 807. The second kappa shape index (κ2) is 6.87. The quantitative estimate of drug-likeness (QED) is 0.797. The van der Waals surface area contributed by atoms with E-state index in [-0.39, 0.29) is 11.7 Å². The topological polar surface area (TPSA) is 73.6 Å². The number of ether oxygens (including phenoxy) is 2. The van der Waals surface area contributed by atoms with E-state index in [2.05, 4.69) is 10.3 Å². The molecule has 2 heterocycles. The Morgan fingerprint density at radius 2 is 1.96 bits per heavy atom. The van der Waals surface area contributed by atoms with Crippen LogP contribution < -0.4 is 14.8 Å². The van der Waals surface area contributed by atoms with Gasteiger partial charge in [0, 0.05) is 24.6 Å². The second-order valence-corrected chi connectivity index (χ2v) is 7.72. The van der Waals surface area contributed by atoms with Crippen LogP contribution in [0.3, 0.4) is 0 Å². The minimum Gasteiger partial charge on any atom is -0.448 e. The number of anilines is 1. The van der Waals surface area contributed by atoms with Crippen molar-refractivity contribution in [2.45, 2.75) is 57.0 Å². The Kier molecular flexibility index (Phi) is 4.56. The van der Waals surface area contributed by atoms with Crippen LogP contribution >= 0.6 is 11.8 Å². The van der Waals surface area contributed by atoms with E-state index in [4.69, 9.17) is 13.9 Å². The van der Waals surface area contributed by atoms with E-state index >= 15 is 0 Å². The Morgan fingerprint density at radius 3 is 2.69 bits per heavy atom. The van der Waals surface area contributed by atoms with Crippen LogP contribution in [-0.4, -0.2) is 22.4 Å². The number of benzene rings is 1. The van der Waals surface area contributed by atoms with Crippen LogP contribution in [0, 0.1) is 13.8 Å². The van der Waals surface area contributed by atoms with Crippen molar-refractivity contribution in [3.05, 3.63) is 29.7 Å². The van der Waals surface area contributed by atoms with Crippen molar-refractivity contribution in [1.82, 2.24) is 4.98 Å². The van der Waals surface area contributed by atoms with Crippen LogP contribution in [-0.2, 0) is 4.79 Å². The van der Waals surface area contributed by atoms with Crippen LogP contribution in [0.5, 0.6) is 11.5 Å². The van der Waals surface area contributed by atoms with Crippen LogP contribution in [0.4, 0.5) is 5.69 Å². The average molecular weight is 374 g/mol. The van der Waals surface area contributed by atoms with Gasteiger partial charge < -0.3 is 19.2 Å². The number of oxazole rings is 1. The number of aryl methyl sites for hydroxylation is 2. The molecule has 1 spiro atoms. The van der Waals surface area contributed by atoms with Gasteiger partial charge in [-0.1, -0.05) is 18.2 Å². The molecule has 1 fully saturated rings. The van der Waals surface area contributed by atoms with Crippen molar-refractivity contribution in [2.24, 2.45) is 0 Å². The van der Waals surface area contributed by atoms with E-state index in [1.165, 1.54) is 18.2 Å². The van der Waals surface area contributed by atoms with Gasteiger partial charge in [0.15, 0.2) is 11.5 Å². The van der Waals surface area contributed by atoms with E-state index in [1.54, 1.807) is 0 Å². The molecular weight excluding hydrogens is 352 g/mol. The maximum Gasteiger partial charge on any atom is 0.256 e. The summed E-state index contributed by atoms with van der Waals surface area (Å²) < 4.78 is 17.6. The molecular formula is C19H22N2O4S. The molecule has 2 aromatic rings. The summed E-state index contributed by atoms with van der Waals surface area (Å²) in [6.45, 7) is 3.74. The predicted octanol–water partition coefficient (Wildman–Crippen LogP) is 4.45. The molecule has 1 saturated carbocycles. The van der Waals surface area contributed by atoms with E-state index in [1.807, 2.05) is 32.0 Å². The van der Waals surface area contributed by atoms with Crippen LogP contribution in [0.25, 0.3) is 0 Å². The molecule has 1 amide bonds. The average Bonchev–Trinajstić information content (AvgIpc) is 3.12. The molecule has 7 heteroatoms. The van der Waals surface area contributed by atoms with Crippen LogP contribution in [0.1, 0.15) is 43.6 Å². The van der Waals surface area contributed by atoms with Gasteiger partial charge in [-0.15, -0.1) is 0 Å². The zero-order valence-electron chi connectivity index (χ0n) is 15.0. The standard InChI is InChI=1S/C19H22N2O4S/c1-12-13(2)23-18(20-12)26-11-17(22)21-14-6-7-15-16(10-14)25-19(24-15)8-4-3-5-9-19/h6-7,10H,3-5,8-9,11H2,1-2H3,(H,21,22). The summed E-state index contributed by atoms with van der Waals surface area (Å²) in [6, 6.07) is 5.54. The first-order valence-corrected chi connectivity index (χ1v) is 9.90. The fraction of sp³-hybridized carbons (Fsp3) is 0.474. The summed E-state index contributed by atoms with van der Waals surface area (Å²) in [6.07, 6.45) is 5.29. The first-order chi connectivity index (χ1) is 12.5. The van der Waals surface area contributed by atoms with Crippen molar-refractivity contribution in [2.75, 3.05) is 11.1 Å². The summed E-state index contributed by atoms with van der Waals surface area (Å²) in [5.74, 6) is 1.86. The van der Waals surface area contributed by atoms with Crippen molar-refractivity contribution in [3.63, 3.8) is 0 Å². The molecule has 0 radical (unpaired) electrons. The third-order valence-electron chi connectivity index (χ3n) is 4.77. The lowest BCUT2D eigenvalue weighted by Crippen LogP contribution is -2.40. The maximum atomic E-state index is 12.2. The lowest BCUT2D eigenvalue weighted by atomic mass is 9.94. The number of nitrogens with one attached hydrogen (secondary N) is 1. The zero-order valence-corrected chi connectivity index (χ0v) is 15.8. The lowest BCUT2D eigenvalue weighted by molar-refractivity contribution is -0.113. The molecule has 1 aromatic heterocycles. The Morgan fingerprint density at radius 1 is 1.19 bits per heavy atom. The highest BCUT2D eigenvalue weighted by atomic mass is 32.2. The Hall–Kier alpha value is -2.15. The smallest absolute Gasteiger partial charge is 0.256 e. The number of rotatable bonds is 4. The minimum atomic E-state index is -0.500. The summed E-state index contributed by atoms with van der Waals surface area (Å²) in [4.78, 5) is 16.5. The normalized spacial score (nSPS) is 17.5. The molecule has 4 rings (SSSR count). The molecule has 6 nitrogen and oxygen atoms in total. The number of hydrogen-bond donors (Lipinski definition) is 1. The molecule has 1 aliphatic heterocycles. The van der Waals surface area contributed by atoms with E-state index in [0.29, 0.717) is 16.7 Å². The highest BCUT2D eigenvalue weighted by Crippen LogP contribution is 2.46. The largest absolute Gasteiger partial charge is 0.448 e. The van der Waals surface area contributed by atoms with Crippen molar-refractivity contribution >= 4 is 23.4 Å². The maximum absolute atomic E-state index is 12.2. The third-order valence-corrected chi connectivity index (χ3v) is 5.60. The molecule has 0 bridgehead atoms. The summed E-state index contributed by atoms with van der Waals surface area (Å²) in [5.41, 5.74) is 1.55. The third kappa shape index (κ3) is 3.53. The van der Waals surface area contributed by atoms with Crippen LogP contribution in [0.2, 0.25) is 0 Å². The monoisotopic (exact) mass is 374 g/mol. The first kappa shape index (κ1) is 17.3. The SMILES string of the molecule is Cc1nc(SCC(=O)Nc2ccc3c(c2)OC2(CCCCC2)O3)oc1C. The number of hydrogen-bond acceptors (Lipinski definition) is 6. The Labute approximate surface area is 156 Å². The number of amides is 1. The van der Waals surface area contributed by atoms with Crippen LogP contribution in [0.15, 0.2) is 27.8 Å². The number of aromatic nitrogens is 1. The molecule has 2 aliphatic rings. The van der Waals surface area contributed by atoms with Gasteiger partial charge in [0.05, 0.1) is 11.4 Å². The fourth-order valence-electron chi connectivity index (χ4n) is 3.30. The Balaban J connectivity index is 1.36. The fourth-order valence-corrected chi connectivity index (χ4v) is 4.01. The molecule has 0 unspecified atom stereocenters. The van der Waals surface area contributed by atoms with Crippen molar-refractivity contribution < 1.29 is 18.7 Å². The molecule has 138 valence electrons. The molecule has 26 heavy (non-hydrogen) atoms. The molecule has 0 atom stereocenters. The van der Waals surface area contributed by atoms with Gasteiger partial charge in [-0.3, -0.25) is 4.79 Å². The van der Waals surface area contributed by atoms with Gasteiger partial charge in [-0.25, -0.2) is 4.98 Å². The first-order valence-electron chi connectivity index (χ1n) is 8.92. The number of thioether (sulfide) groups is 1. The molecule has 1 aromatic carbocycles. The summed E-state index contributed by atoms with van der Waals surface area (Å²) in [7, 11) is 0. The molecule has 1 aliphatic carbocycles.